The molecular weight excluding hydrogens is 330 g/mol. The Morgan fingerprint density at radius 3 is 1.37 bits per heavy atom. The molecule has 140 valence electrons. The van der Waals surface area contributed by atoms with Gasteiger partial charge in [0.1, 0.15) is 0 Å². The fourth-order valence-corrected chi connectivity index (χ4v) is 4.06. The Bertz CT molecular complexity index is 789. The van der Waals surface area contributed by atoms with Crippen LogP contribution in [0.1, 0.15) is 39.8 Å². The lowest BCUT2D eigenvalue weighted by Gasteiger charge is -2.40. The summed E-state index contributed by atoms with van der Waals surface area (Å²) in [5.74, 6) is 0. The molecule has 0 atom stereocenters. The summed E-state index contributed by atoms with van der Waals surface area (Å²) in [4.78, 5) is 0. The lowest BCUT2D eigenvalue weighted by molar-refractivity contribution is 0.280. The second-order valence-corrected chi connectivity index (χ2v) is 7.20. The Morgan fingerprint density at radius 1 is 0.667 bits per heavy atom. The molecule has 0 bridgehead atoms. The van der Waals surface area contributed by atoms with Crippen LogP contribution in [0.3, 0.4) is 0 Å². The van der Waals surface area contributed by atoms with E-state index in [-0.39, 0.29) is 6.61 Å². The Labute approximate surface area is 162 Å². The fourth-order valence-electron chi connectivity index (χ4n) is 4.06. The molecule has 2 nitrogen and oxygen atoms in total. The smallest absolute Gasteiger partial charge is 0.0955 e. The van der Waals surface area contributed by atoms with E-state index in [0.717, 1.165) is 6.54 Å². The van der Waals surface area contributed by atoms with Crippen molar-refractivity contribution in [2.24, 2.45) is 0 Å². The van der Waals surface area contributed by atoms with Crippen LogP contribution < -0.4 is 5.32 Å². The normalized spacial score (nSPS) is 11.6. The molecule has 3 rings (SSSR count). The molecule has 0 aliphatic carbocycles. The Balaban J connectivity index is 2.37. The minimum Gasteiger partial charge on any atom is -0.396 e. The van der Waals surface area contributed by atoms with Crippen molar-refractivity contribution >= 4 is 0 Å². The van der Waals surface area contributed by atoms with E-state index < -0.39 is 5.54 Å². The van der Waals surface area contributed by atoms with Crippen molar-refractivity contribution in [3.8, 4) is 0 Å². The van der Waals surface area contributed by atoms with Gasteiger partial charge in [0, 0.05) is 6.61 Å². The summed E-state index contributed by atoms with van der Waals surface area (Å²) < 4.78 is 0. The monoisotopic (exact) mass is 359 g/mol. The largest absolute Gasteiger partial charge is 0.396 e. The molecule has 27 heavy (non-hydrogen) atoms. The summed E-state index contributed by atoms with van der Waals surface area (Å²) in [5.41, 5.74) is 7.06. The highest BCUT2D eigenvalue weighted by Gasteiger charge is 2.38. The highest BCUT2D eigenvalue weighted by atomic mass is 16.3. The Kier molecular flexibility index (Phi) is 6.10. The second kappa shape index (κ2) is 8.51. The maximum absolute atomic E-state index is 9.40. The Morgan fingerprint density at radius 2 is 1.04 bits per heavy atom. The second-order valence-electron chi connectivity index (χ2n) is 7.20. The van der Waals surface area contributed by atoms with Gasteiger partial charge >= 0.3 is 0 Å². The molecule has 0 radical (unpaired) electrons. The molecule has 0 aliphatic rings. The summed E-state index contributed by atoms with van der Waals surface area (Å²) in [6.07, 6.45) is 0.714. The first-order valence-corrected chi connectivity index (χ1v) is 9.65. The molecule has 3 aromatic carbocycles. The molecule has 0 aromatic heterocycles. The maximum Gasteiger partial charge on any atom is 0.0955 e. The summed E-state index contributed by atoms with van der Waals surface area (Å²) in [6, 6.07) is 25.8. The van der Waals surface area contributed by atoms with Crippen molar-refractivity contribution in [3.05, 3.63) is 106 Å². The molecule has 0 fully saturated rings. The third kappa shape index (κ3) is 3.69. The minimum atomic E-state index is -0.461. The minimum absolute atomic E-state index is 0.179. The highest BCUT2D eigenvalue weighted by molar-refractivity contribution is 5.56. The summed E-state index contributed by atoms with van der Waals surface area (Å²) >= 11 is 0. The van der Waals surface area contributed by atoms with Gasteiger partial charge in [0.05, 0.1) is 5.54 Å². The standard InChI is InChI=1S/C25H29NO/c1-19-11-4-7-14-22(19)25(26-17-10-18-27,23-15-8-5-12-20(23)2)24-16-9-6-13-21(24)3/h4-9,11-16,26-27H,10,17-18H2,1-3H3. The Hall–Kier alpha value is -2.42. The molecule has 2 heteroatoms. The molecule has 0 aliphatic heterocycles. The van der Waals surface area contributed by atoms with E-state index in [2.05, 4.69) is 98.9 Å². The highest BCUT2D eigenvalue weighted by Crippen LogP contribution is 2.41. The average Bonchev–Trinajstić information content (AvgIpc) is 2.68. The van der Waals surface area contributed by atoms with Crippen LogP contribution in [0, 0.1) is 20.8 Å². The van der Waals surface area contributed by atoms with E-state index in [9.17, 15) is 5.11 Å². The average molecular weight is 360 g/mol. The van der Waals surface area contributed by atoms with Crippen molar-refractivity contribution in [3.63, 3.8) is 0 Å². The number of hydrogen-bond acceptors (Lipinski definition) is 2. The zero-order chi connectivity index (χ0) is 19.3. The summed E-state index contributed by atoms with van der Waals surface area (Å²) in [6.45, 7) is 7.43. The van der Waals surface area contributed by atoms with Gasteiger partial charge in [0.15, 0.2) is 0 Å². The zero-order valence-corrected chi connectivity index (χ0v) is 16.5. The van der Waals surface area contributed by atoms with Crippen molar-refractivity contribution in [1.29, 1.82) is 0 Å². The predicted octanol–water partition coefficient (Wildman–Crippen LogP) is 4.88. The van der Waals surface area contributed by atoms with Gasteiger partial charge in [-0.2, -0.15) is 0 Å². The molecule has 0 heterocycles. The van der Waals surface area contributed by atoms with E-state index >= 15 is 0 Å². The van der Waals surface area contributed by atoms with E-state index in [1.807, 2.05) is 0 Å². The van der Waals surface area contributed by atoms with Gasteiger partial charge in [0.25, 0.3) is 0 Å². The molecule has 0 unspecified atom stereocenters. The molecule has 0 spiro atoms. The van der Waals surface area contributed by atoms with Crippen LogP contribution in [0.4, 0.5) is 0 Å². The number of rotatable bonds is 7. The van der Waals surface area contributed by atoms with E-state index in [4.69, 9.17) is 0 Å². The van der Waals surface area contributed by atoms with Gasteiger partial charge in [0.2, 0.25) is 0 Å². The third-order valence-corrected chi connectivity index (χ3v) is 5.37. The van der Waals surface area contributed by atoms with Gasteiger partial charge in [-0.05, 0) is 67.1 Å². The van der Waals surface area contributed by atoms with E-state index in [1.165, 1.54) is 33.4 Å². The van der Waals surface area contributed by atoms with Crippen LogP contribution in [0.5, 0.6) is 0 Å². The van der Waals surface area contributed by atoms with Gasteiger partial charge in [-0.3, -0.25) is 5.32 Å². The van der Waals surface area contributed by atoms with Gasteiger partial charge in [-0.1, -0.05) is 72.8 Å². The number of aliphatic hydroxyl groups excluding tert-OH is 1. The van der Waals surface area contributed by atoms with Crippen molar-refractivity contribution in [1.82, 2.24) is 5.32 Å². The maximum atomic E-state index is 9.40. The van der Waals surface area contributed by atoms with Crippen molar-refractivity contribution in [2.45, 2.75) is 32.7 Å². The molecule has 0 saturated carbocycles. The quantitative estimate of drug-likeness (QED) is 0.466. The van der Waals surface area contributed by atoms with Crippen LogP contribution >= 0.6 is 0 Å². The zero-order valence-electron chi connectivity index (χ0n) is 16.5. The van der Waals surface area contributed by atoms with Gasteiger partial charge in [-0.25, -0.2) is 0 Å². The lowest BCUT2D eigenvalue weighted by atomic mass is 9.72. The first-order chi connectivity index (χ1) is 13.1. The van der Waals surface area contributed by atoms with Crippen LogP contribution in [0.15, 0.2) is 72.8 Å². The molecule has 0 saturated heterocycles. The number of hydrogen-bond donors (Lipinski definition) is 2. The predicted molar refractivity (Wildman–Crippen MR) is 113 cm³/mol. The van der Waals surface area contributed by atoms with E-state index in [0.29, 0.717) is 6.42 Å². The third-order valence-electron chi connectivity index (χ3n) is 5.37. The van der Waals surface area contributed by atoms with Crippen LogP contribution in [0.2, 0.25) is 0 Å². The van der Waals surface area contributed by atoms with Crippen LogP contribution in [-0.4, -0.2) is 18.3 Å². The molecule has 3 aromatic rings. The topological polar surface area (TPSA) is 32.3 Å². The lowest BCUT2D eigenvalue weighted by Crippen LogP contribution is -2.46. The number of benzene rings is 3. The van der Waals surface area contributed by atoms with Crippen molar-refractivity contribution in [2.75, 3.05) is 13.2 Å². The first kappa shape index (κ1) is 19.3. The summed E-state index contributed by atoms with van der Waals surface area (Å²) in [5, 5.41) is 13.2. The number of nitrogens with one attached hydrogen (secondary N) is 1. The molecule has 2 N–H and O–H groups in total. The summed E-state index contributed by atoms with van der Waals surface area (Å²) in [7, 11) is 0. The molecule has 0 amide bonds. The SMILES string of the molecule is Cc1ccccc1C(NCCCO)(c1ccccc1C)c1ccccc1C. The number of aliphatic hydroxyl groups is 1. The number of aryl methyl sites for hydroxylation is 3. The van der Waals surface area contributed by atoms with Crippen molar-refractivity contribution < 1.29 is 5.11 Å². The fraction of sp³-hybridized carbons (Fsp3) is 0.280. The van der Waals surface area contributed by atoms with E-state index in [1.54, 1.807) is 0 Å². The van der Waals surface area contributed by atoms with Crippen LogP contribution in [-0.2, 0) is 5.54 Å². The van der Waals surface area contributed by atoms with Gasteiger partial charge < -0.3 is 5.11 Å². The molecular formula is C25H29NO. The van der Waals surface area contributed by atoms with Gasteiger partial charge in [-0.15, -0.1) is 0 Å². The van der Waals surface area contributed by atoms with Crippen LogP contribution in [0.25, 0.3) is 0 Å². The first-order valence-electron chi connectivity index (χ1n) is 9.65.